The fraction of sp³-hybridized carbons (Fsp3) is 0.167. The van der Waals surface area contributed by atoms with Crippen LogP contribution in [-0.2, 0) is 16.1 Å². The Balaban J connectivity index is 2.29. The lowest BCUT2D eigenvalue weighted by atomic mass is 9.96. The van der Waals surface area contributed by atoms with Crippen LogP contribution in [0.15, 0.2) is 54.1 Å². The highest BCUT2D eigenvalue weighted by Gasteiger charge is 2.30. The predicted octanol–water partition coefficient (Wildman–Crippen LogP) is 2.61. The van der Waals surface area contributed by atoms with Gasteiger partial charge in [-0.05, 0) is 12.5 Å². The van der Waals surface area contributed by atoms with Crippen molar-refractivity contribution in [2.45, 2.75) is 13.5 Å². The summed E-state index contributed by atoms with van der Waals surface area (Å²) in [6, 6.07) is 5.64. The number of aliphatic hydroxyl groups excluding tert-OH is 1. The number of nitrogens with one attached hydrogen (secondary N) is 2. The van der Waals surface area contributed by atoms with E-state index in [2.05, 4.69) is 16.9 Å². The largest absolute Gasteiger partial charge is 0.504 e. The number of H-pyrrole nitrogens is 1. The molecule has 2 aromatic rings. The van der Waals surface area contributed by atoms with Crippen molar-refractivity contribution in [3.8, 4) is 0 Å². The predicted molar refractivity (Wildman–Crippen MR) is 89.2 cm³/mol. The molecule has 0 aliphatic carbocycles. The number of aromatic nitrogens is 1. The molecule has 0 saturated heterocycles. The van der Waals surface area contributed by atoms with Crippen molar-refractivity contribution in [3.63, 3.8) is 0 Å². The summed E-state index contributed by atoms with van der Waals surface area (Å²) < 4.78 is 5.07. The number of methoxy groups -OCH3 is 1. The number of ether oxygens (including phenoxy) is 1. The Morgan fingerprint density at radius 1 is 1.43 bits per heavy atom. The number of aromatic amines is 1. The van der Waals surface area contributed by atoms with E-state index in [1.54, 1.807) is 19.6 Å². The van der Waals surface area contributed by atoms with Gasteiger partial charge in [-0.3, -0.25) is 4.79 Å². The van der Waals surface area contributed by atoms with E-state index in [0.29, 0.717) is 11.3 Å². The highest BCUT2D eigenvalue weighted by Crippen LogP contribution is 2.36. The molecule has 3 N–H and O–H groups in total. The van der Waals surface area contributed by atoms with Crippen molar-refractivity contribution >= 4 is 22.4 Å². The molecule has 1 aliphatic rings. The van der Waals surface area contributed by atoms with Gasteiger partial charge < -0.3 is 20.1 Å². The molecule has 1 aliphatic heterocycles. The molecule has 118 valence electrons. The van der Waals surface area contributed by atoms with Gasteiger partial charge in [0.2, 0.25) is 0 Å². The number of rotatable bonds is 4. The summed E-state index contributed by atoms with van der Waals surface area (Å²) >= 11 is 0. The number of benzene rings is 1. The number of para-hydroxylation sites is 1. The van der Waals surface area contributed by atoms with Gasteiger partial charge in [-0.15, -0.1) is 0 Å². The van der Waals surface area contributed by atoms with Gasteiger partial charge in [0.05, 0.1) is 31.1 Å². The Bertz CT molecular complexity index is 872. The summed E-state index contributed by atoms with van der Waals surface area (Å²) in [7, 11) is 1.57. The minimum atomic E-state index is -0.191. The van der Waals surface area contributed by atoms with Gasteiger partial charge >= 0.3 is 0 Å². The Kier molecular flexibility index (Phi) is 3.80. The number of amides is 1. The summed E-state index contributed by atoms with van der Waals surface area (Å²) in [6.07, 6.45) is 3.38. The third-order valence-corrected chi connectivity index (χ3v) is 3.97. The molecular formula is C18H18N2O3. The number of carbonyl (C=O) groups is 1. The standard InChI is InChI=1S/C18H18N2O3/c1-10(9-23-3)15-11(2)20-18(22)16(15)14-7-19-17-12(8-21)5-4-6-13(14)17/h4-7,9,19,21H,2,8H2,1,3H3,(H,20,22)/b10-9+. The molecule has 5 heteroatoms. The first-order valence-corrected chi connectivity index (χ1v) is 7.23. The Labute approximate surface area is 134 Å². The molecule has 23 heavy (non-hydrogen) atoms. The van der Waals surface area contributed by atoms with Crippen LogP contribution < -0.4 is 5.32 Å². The van der Waals surface area contributed by atoms with Crippen molar-refractivity contribution < 1.29 is 14.6 Å². The van der Waals surface area contributed by atoms with Crippen molar-refractivity contribution in [1.82, 2.24) is 10.3 Å². The average Bonchev–Trinajstić information content (AvgIpc) is 3.07. The van der Waals surface area contributed by atoms with Gasteiger partial charge in [0.1, 0.15) is 0 Å². The number of allylic oxidation sites excluding steroid dienone is 1. The molecule has 0 radical (unpaired) electrons. The van der Waals surface area contributed by atoms with Gasteiger partial charge in [-0.25, -0.2) is 0 Å². The third kappa shape index (κ3) is 2.35. The van der Waals surface area contributed by atoms with Gasteiger partial charge in [-0.1, -0.05) is 24.8 Å². The van der Waals surface area contributed by atoms with E-state index in [1.165, 1.54) is 0 Å². The van der Waals surface area contributed by atoms with Crippen molar-refractivity contribution in [2.24, 2.45) is 0 Å². The van der Waals surface area contributed by atoms with Crippen LogP contribution in [0.25, 0.3) is 16.5 Å². The van der Waals surface area contributed by atoms with E-state index in [1.807, 2.05) is 25.1 Å². The Morgan fingerprint density at radius 3 is 2.91 bits per heavy atom. The fourth-order valence-corrected chi connectivity index (χ4v) is 3.01. The zero-order valence-corrected chi connectivity index (χ0v) is 13.1. The normalized spacial score (nSPS) is 15.5. The lowest BCUT2D eigenvalue weighted by molar-refractivity contribution is -0.114. The first-order chi connectivity index (χ1) is 11.1. The molecule has 2 heterocycles. The molecule has 1 aromatic carbocycles. The molecule has 0 atom stereocenters. The molecule has 0 saturated carbocycles. The monoisotopic (exact) mass is 310 g/mol. The first-order valence-electron chi connectivity index (χ1n) is 7.23. The Hall–Kier alpha value is -2.79. The lowest BCUT2D eigenvalue weighted by Gasteiger charge is -2.06. The van der Waals surface area contributed by atoms with E-state index in [0.717, 1.165) is 33.2 Å². The quantitative estimate of drug-likeness (QED) is 0.760. The molecule has 0 fully saturated rings. The maximum atomic E-state index is 12.4. The second kappa shape index (κ2) is 5.78. The van der Waals surface area contributed by atoms with Crippen LogP contribution in [0, 0.1) is 0 Å². The second-order valence-electron chi connectivity index (χ2n) is 5.42. The average molecular weight is 310 g/mol. The minimum Gasteiger partial charge on any atom is -0.504 e. The van der Waals surface area contributed by atoms with E-state index in [4.69, 9.17) is 4.74 Å². The van der Waals surface area contributed by atoms with Gasteiger partial charge in [0, 0.05) is 34.0 Å². The minimum absolute atomic E-state index is 0.0648. The molecule has 0 bridgehead atoms. The Morgan fingerprint density at radius 2 is 2.22 bits per heavy atom. The molecule has 0 spiro atoms. The van der Waals surface area contributed by atoms with Crippen LogP contribution >= 0.6 is 0 Å². The zero-order chi connectivity index (χ0) is 16.6. The van der Waals surface area contributed by atoms with Crippen molar-refractivity contribution in [2.75, 3.05) is 7.11 Å². The van der Waals surface area contributed by atoms with Crippen LogP contribution in [0.4, 0.5) is 0 Å². The van der Waals surface area contributed by atoms with Crippen LogP contribution in [-0.4, -0.2) is 23.1 Å². The van der Waals surface area contributed by atoms with Crippen molar-refractivity contribution in [3.05, 3.63) is 65.2 Å². The van der Waals surface area contributed by atoms with Crippen LogP contribution in [0.2, 0.25) is 0 Å². The summed E-state index contributed by atoms with van der Waals surface area (Å²) in [5.74, 6) is -0.191. The number of carbonyl (C=O) groups excluding carboxylic acids is 1. The summed E-state index contributed by atoms with van der Waals surface area (Å²) in [6.45, 7) is 5.74. The van der Waals surface area contributed by atoms with E-state index in [9.17, 15) is 9.90 Å². The van der Waals surface area contributed by atoms with Gasteiger partial charge in [-0.2, -0.15) is 0 Å². The topological polar surface area (TPSA) is 74.4 Å². The number of fused-ring (bicyclic) bond motifs is 1. The molecule has 1 amide bonds. The van der Waals surface area contributed by atoms with Crippen LogP contribution in [0.1, 0.15) is 18.1 Å². The van der Waals surface area contributed by atoms with E-state index >= 15 is 0 Å². The SMILES string of the molecule is C=C1NC(=O)C(c2c[nH]c3c(CO)cccc23)=C1/C(C)=C/OC. The number of hydrogen-bond donors (Lipinski definition) is 3. The zero-order valence-electron chi connectivity index (χ0n) is 13.1. The summed E-state index contributed by atoms with van der Waals surface area (Å²) in [4.78, 5) is 15.6. The van der Waals surface area contributed by atoms with Gasteiger partial charge in [0.25, 0.3) is 5.91 Å². The highest BCUT2D eigenvalue weighted by molar-refractivity contribution is 6.28. The lowest BCUT2D eigenvalue weighted by Crippen LogP contribution is -2.15. The maximum Gasteiger partial charge on any atom is 0.257 e. The molecule has 1 aromatic heterocycles. The summed E-state index contributed by atoms with van der Waals surface area (Å²) in [5, 5.41) is 13.1. The number of hydrogen-bond acceptors (Lipinski definition) is 3. The molecular weight excluding hydrogens is 292 g/mol. The smallest absolute Gasteiger partial charge is 0.257 e. The molecule has 0 unspecified atom stereocenters. The number of aliphatic hydroxyl groups is 1. The van der Waals surface area contributed by atoms with Crippen LogP contribution in [0.3, 0.4) is 0 Å². The first kappa shape index (κ1) is 15.1. The van der Waals surface area contributed by atoms with Crippen molar-refractivity contribution in [1.29, 1.82) is 0 Å². The van der Waals surface area contributed by atoms with E-state index in [-0.39, 0.29) is 12.5 Å². The molecule has 5 nitrogen and oxygen atoms in total. The van der Waals surface area contributed by atoms with Gasteiger partial charge in [0.15, 0.2) is 0 Å². The highest BCUT2D eigenvalue weighted by atomic mass is 16.5. The summed E-state index contributed by atoms with van der Waals surface area (Å²) in [5.41, 5.74) is 5.08. The fourth-order valence-electron chi connectivity index (χ4n) is 3.01. The van der Waals surface area contributed by atoms with Crippen LogP contribution in [0.5, 0.6) is 0 Å². The van der Waals surface area contributed by atoms with E-state index < -0.39 is 0 Å². The third-order valence-electron chi connectivity index (χ3n) is 3.97. The maximum absolute atomic E-state index is 12.4. The second-order valence-corrected chi connectivity index (χ2v) is 5.42. The molecule has 3 rings (SSSR count).